The normalized spacial score (nSPS) is 19.1. The molecular weight excluding hydrogens is 522 g/mol. The molecule has 2 aromatic rings. The first-order chi connectivity index (χ1) is 19.9. The van der Waals surface area contributed by atoms with Crippen molar-refractivity contribution in [3.8, 4) is 17.2 Å². The summed E-state index contributed by atoms with van der Waals surface area (Å²) in [5.41, 5.74) is 7.38. The molecule has 1 saturated carbocycles. The average molecular weight is 566 g/mol. The van der Waals surface area contributed by atoms with Gasteiger partial charge in [-0.2, -0.15) is 0 Å². The molecule has 1 aliphatic carbocycles. The molecule has 41 heavy (non-hydrogen) atoms. The number of nitrogens with zero attached hydrogens (tertiary/aromatic N) is 1. The van der Waals surface area contributed by atoms with Gasteiger partial charge in [0.2, 0.25) is 23.5 Å². The maximum absolute atomic E-state index is 14.5. The fourth-order valence-electron chi connectivity index (χ4n) is 6.35. The molecule has 2 fully saturated rings. The lowest BCUT2D eigenvalue weighted by atomic mass is 9.75. The molecule has 3 amide bonds. The zero-order valence-electron chi connectivity index (χ0n) is 24.4. The Hall–Kier alpha value is -3.75. The van der Waals surface area contributed by atoms with Crippen molar-refractivity contribution in [2.75, 3.05) is 27.9 Å². The highest BCUT2D eigenvalue weighted by atomic mass is 16.5. The summed E-state index contributed by atoms with van der Waals surface area (Å²) in [7, 11) is 4.68. The van der Waals surface area contributed by atoms with Crippen molar-refractivity contribution in [2.45, 2.75) is 75.8 Å². The first-order valence-electron chi connectivity index (χ1n) is 14.6. The van der Waals surface area contributed by atoms with E-state index in [4.69, 9.17) is 19.9 Å². The Bertz CT molecular complexity index is 1170. The Kier molecular flexibility index (Phi) is 10.5. The van der Waals surface area contributed by atoms with Gasteiger partial charge in [0.1, 0.15) is 12.1 Å². The molecule has 9 nitrogen and oxygen atoms in total. The second-order valence-corrected chi connectivity index (χ2v) is 11.0. The van der Waals surface area contributed by atoms with E-state index >= 15 is 0 Å². The summed E-state index contributed by atoms with van der Waals surface area (Å²) in [6.07, 6.45) is 7.57. The van der Waals surface area contributed by atoms with Crippen LogP contribution in [0, 0.1) is 5.92 Å². The highest BCUT2D eigenvalue weighted by Crippen LogP contribution is 2.45. The van der Waals surface area contributed by atoms with E-state index in [1.165, 1.54) is 0 Å². The number of nitrogens with one attached hydrogen (secondary N) is 1. The number of ether oxygens (including phenoxy) is 3. The van der Waals surface area contributed by atoms with Gasteiger partial charge in [0.15, 0.2) is 11.5 Å². The molecule has 0 bridgehead atoms. The van der Waals surface area contributed by atoms with Crippen LogP contribution < -0.4 is 25.3 Å². The van der Waals surface area contributed by atoms with Crippen molar-refractivity contribution < 1.29 is 28.6 Å². The quantitative estimate of drug-likeness (QED) is 0.426. The van der Waals surface area contributed by atoms with Gasteiger partial charge in [-0.1, -0.05) is 49.6 Å². The SMILES string of the molecule is COc1cc(C(C(=O)N2CCCC[C@H]2C(=O)NC(Cc2ccccc2)C(N)=O)C2CCCCC2)cc(OC)c1OC. The van der Waals surface area contributed by atoms with E-state index in [0.29, 0.717) is 36.6 Å². The lowest BCUT2D eigenvalue weighted by molar-refractivity contribution is -0.145. The summed E-state index contributed by atoms with van der Waals surface area (Å²) in [4.78, 5) is 42.2. The van der Waals surface area contributed by atoms with E-state index in [2.05, 4.69) is 5.32 Å². The fraction of sp³-hybridized carbons (Fsp3) is 0.531. The number of hydrogen-bond acceptors (Lipinski definition) is 6. The molecule has 1 heterocycles. The van der Waals surface area contributed by atoms with E-state index in [1.54, 1.807) is 26.2 Å². The Morgan fingerprint density at radius 3 is 2.12 bits per heavy atom. The summed E-state index contributed by atoms with van der Waals surface area (Å²) in [5, 5.41) is 2.87. The molecule has 1 saturated heterocycles. The highest BCUT2D eigenvalue weighted by molar-refractivity contribution is 5.93. The van der Waals surface area contributed by atoms with E-state index in [9.17, 15) is 14.4 Å². The van der Waals surface area contributed by atoms with Crippen LogP contribution in [0.4, 0.5) is 0 Å². The highest BCUT2D eigenvalue weighted by Gasteiger charge is 2.40. The molecule has 9 heteroatoms. The van der Waals surface area contributed by atoms with Crippen LogP contribution >= 0.6 is 0 Å². The number of piperidine rings is 1. The van der Waals surface area contributed by atoms with E-state index in [0.717, 1.165) is 56.1 Å². The lowest BCUT2D eigenvalue weighted by Crippen LogP contribution is -2.57. The third-order valence-electron chi connectivity index (χ3n) is 8.46. The number of benzene rings is 2. The number of carbonyl (C=O) groups is 3. The molecule has 2 aromatic carbocycles. The molecule has 2 aliphatic rings. The number of primary amides is 1. The maximum atomic E-state index is 14.5. The number of carbonyl (C=O) groups excluding carboxylic acids is 3. The summed E-state index contributed by atoms with van der Waals surface area (Å²) < 4.78 is 16.8. The zero-order chi connectivity index (χ0) is 29.4. The molecule has 2 unspecified atom stereocenters. The molecular formula is C32H43N3O6. The second-order valence-electron chi connectivity index (χ2n) is 11.0. The van der Waals surface area contributed by atoms with Crippen molar-refractivity contribution >= 4 is 17.7 Å². The smallest absolute Gasteiger partial charge is 0.243 e. The third kappa shape index (κ3) is 7.13. The van der Waals surface area contributed by atoms with Crippen LogP contribution in [0.2, 0.25) is 0 Å². The molecule has 0 radical (unpaired) electrons. The zero-order valence-corrected chi connectivity index (χ0v) is 24.4. The first-order valence-corrected chi connectivity index (χ1v) is 14.6. The maximum Gasteiger partial charge on any atom is 0.243 e. The van der Waals surface area contributed by atoms with Gasteiger partial charge in [0.25, 0.3) is 0 Å². The van der Waals surface area contributed by atoms with Crippen molar-refractivity contribution in [1.29, 1.82) is 0 Å². The average Bonchev–Trinajstić information content (AvgIpc) is 3.01. The van der Waals surface area contributed by atoms with Gasteiger partial charge in [-0.25, -0.2) is 0 Å². The van der Waals surface area contributed by atoms with Crippen molar-refractivity contribution in [3.05, 3.63) is 53.6 Å². The Morgan fingerprint density at radius 2 is 1.54 bits per heavy atom. The van der Waals surface area contributed by atoms with Gasteiger partial charge >= 0.3 is 0 Å². The minimum Gasteiger partial charge on any atom is -0.493 e. The fourth-order valence-corrected chi connectivity index (χ4v) is 6.35. The Balaban J connectivity index is 1.64. The molecule has 0 spiro atoms. The van der Waals surface area contributed by atoms with Gasteiger partial charge in [0, 0.05) is 13.0 Å². The van der Waals surface area contributed by atoms with Crippen molar-refractivity contribution in [3.63, 3.8) is 0 Å². The summed E-state index contributed by atoms with van der Waals surface area (Å²) >= 11 is 0. The van der Waals surface area contributed by atoms with E-state index in [-0.39, 0.29) is 17.7 Å². The Labute approximate surface area is 242 Å². The number of methoxy groups -OCH3 is 3. The van der Waals surface area contributed by atoms with Gasteiger partial charge < -0.3 is 30.2 Å². The summed E-state index contributed by atoms with van der Waals surface area (Å²) in [5.74, 6) is 0.0971. The molecule has 222 valence electrons. The molecule has 3 atom stereocenters. The van der Waals surface area contributed by atoms with Crippen molar-refractivity contribution in [1.82, 2.24) is 10.2 Å². The number of amides is 3. The molecule has 4 rings (SSSR count). The largest absolute Gasteiger partial charge is 0.493 e. The van der Waals surface area contributed by atoms with Gasteiger partial charge in [-0.15, -0.1) is 0 Å². The van der Waals surface area contributed by atoms with Gasteiger partial charge in [-0.3, -0.25) is 14.4 Å². The van der Waals surface area contributed by atoms with Crippen LogP contribution in [0.15, 0.2) is 42.5 Å². The number of likely N-dealkylation sites (tertiary alicyclic amines) is 1. The van der Waals surface area contributed by atoms with Crippen molar-refractivity contribution in [2.24, 2.45) is 11.7 Å². The van der Waals surface area contributed by atoms with Crippen LogP contribution in [-0.2, 0) is 20.8 Å². The molecule has 1 aliphatic heterocycles. The second kappa shape index (κ2) is 14.2. The van der Waals surface area contributed by atoms with Gasteiger partial charge in [0.05, 0.1) is 27.2 Å². The minimum absolute atomic E-state index is 0.0790. The molecule has 3 N–H and O–H groups in total. The number of nitrogens with two attached hydrogens (primary N) is 1. The van der Waals surface area contributed by atoms with Crippen LogP contribution in [0.1, 0.15) is 68.4 Å². The summed E-state index contributed by atoms with van der Waals surface area (Å²) in [6.45, 7) is 0.477. The van der Waals surface area contributed by atoms with E-state index in [1.807, 2.05) is 42.5 Å². The van der Waals surface area contributed by atoms with Gasteiger partial charge in [-0.05, 0) is 61.3 Å². The summed E-state index contributed by atoms with van der Waals surface area (Å²) in [6, 6.07) is 11.6. The predicted octanol–water partition coefficient (Wildman–Crippen LogP) is 3.97. The third-order valence-corrected chi connectivity index (χ3v) is 8.46. The minimum atomic E-state index is -0.868. The van der Waals surface area contributed by atoms with Crippen LogP contribution in [0.25, 0.3) is 0 Å². The van der Waals surface area contributed by atoms with Crippen LogP contribution in [-0.4, -0.2) is 62.6 Å². The standard InChI is InChI=1S/C32H43N3O6/c1-39-26-19-23(20-27(40-2)29(26)41-3)28(22-14-8-5-9-15-22)32(38)35-17-11-10-16-25(35)31(37)34-24(30(33)36)18-21-12-6-4-7-13-21/h4,6-7,12-13,19-20,22,24-25,28H,5,8-11,14-18H2,1-3H3,(H2,33,36)(H,34,37)/t24?,25-,28?/m0/s1. The number of hydrogen-bond donors (Lipinski definition) is 2. The topological polar surface area (TPSA) is 120 Å². The van der Waals surface area contributed by atoms with Crippen LogP contribution in [0.3, 0.4) is 0 Å². The predicted molar refractivity (Wildman–Crippen MR) is 156 cm³/mol. The monoisotopic (exact) mass is 565 g/mol. The van der Waals surface area contributed by atoms with Crippen LogP contribution in [0.5, 0.6) is 17.2 Å². The first kappa shape index (κ1) is 30.2. The number of rotatable bonds is 11. The molecule has 0 aromatic heterocycles. The lowest BCUT2D eigenvalue weighted by Gasteiger charge is -2.40. The van der Waals surface area contributed by atoms with E-state index < -0.39 is 23.9 Å². The Morgan fingerprint density at radius 1 is 0.902 bits per heavy atom.